The van der Waals surface area contributed by atoms with E-state index in [0.717, 1.165) is 23.8 Å². The topological polar surface area (TPSA) is 67.8 Å². The number of aromatic nitrogens is 1. The van der Waals surface area contributed by atoms with Gasteiger partial charge in [0.1, 0.15) is 11.5 Å². The molecule has 6 heteroatoms. The molecule has 27 heavy (non-hydrogen) atoms. The largest absolute Gasteiger partial charge is 0.497 e. The van der Waals surface area contributed by atoms with E-state index in [-0.39, 0.29) is 0 Å². The highest BCUT2D eigenvalue weighted by atomic mass is 16.5. The summed E-state index contributed by atoms with van der Waals surface area (Å²) in [6.45, 7) is 9.96. The van der Waals surface area contributed by atoms with E-state index in [1.54, 1.807) is 13.3 Å². The number of rotatable bonds is 8. The SMILES string of the molecule is CCNC(=NCc1ccc(Oc2cccc(OC)c2)nc1)NC(C)C(C)C. The normalized spacial score (nSPS) is 12.6. The Kier molecular flexibility index (Phi) is 7.92. The van der Waals surface area contributed by atoms with Crippen LogP contribution in [0.4, 0.5) is 0 Å². The van der Waals surface area contributed by atoms with Crippen LogP contribution < -0.4 is 20.1 Å². The van der Waals surface area contributed by atoms with E-state index < -0.39 is 0 Å². The molecule has 146 valence electrons. The molecule has 0 radical (unpaired) electrons. The smallest absolute Gasteiger partial charge is 0.219 e. The van der Waals surface area contributed by atoms with Crippen molar-refractivity contribution in [2.75, 3.05) is 13.7 Å². The fraction of sp³-hybridized carbons (Fsp3) is 0.429. The van der Waals surface area contributed by atoms with Gasteiger partial charge in [0.2, 0.25) is 5.88 Å². The molecule has 1 heterocycles. The zero-order valence-electron chi connectivity index (χ0n) is 16.8. The molecule has 1 aromatic heterocycles. The van der Waals surface area contributed by atoms with Crippen molar-refractivity contribution in [2.45, 2.75) is 40.3 Å². The minimum Gasteiger partial charge on any atom is -0.497 e. The monoisotopic (exact) mass is 370 g/mol. The van der Waals surface area contributed by atoms with Crippen LogP contribution in [-0.4, -0.2) is 30.6 Å². The predicted octanol–water partition coefficient (Wildman–Crippen LogP) is 3.98. The number of hydrogen-bond acceptors (Lipinski definition) is 4. The van der Waals surface area contributed by atoms with Gasteiger partial charge in [-0.15, -0.1) is 0 Å². The summed E-state index contributed by atoms with van der Waals surface area (Å²) >= 11 is 0. The maximum absolute atomic E-state index is 5.77. The lowest BCUT2D eigenvalue weighted by Crippen LogP contribution is -2.44. The second-order valence-electron chi connectivity index (χ2n) is 6.66. The van der Waals surface area contributed by atoms with Crippen molar-refractivity contribution < 1.29 is 9.47 Å². The van der Waals surface area contributed by atoms with Crippen LogP contribution in [0.25, 0.3) is 0 Å². The number of benzene rings is 1. The van der Waals surface area contributed by atoms with Crippen LogP contribution in [0.15, 0.2) is 47.6 Å². The number of aliphatic imine (C=N–C) groups is 1. The fourth-order valence-corrected chi connectivity index (χ4v) is 2.22. The van der Waals surface area contributed by atoms with Crippen molar-refractivity contribution in [2.24, 2.45) is 10.9 Å². The number of ether oxygens (including phenoxy) is 2. The highest BCUT2D eigenvalue weighted by Gasteiger charge is 2.08. The first kappa shape index (κ1) is 20.6. The summed E-state index contributed by atoms with van der Waals surface area (Å²) in [5.41, 5.74) is 1.02. The third kappa shape index (κ3) is 6.81. The Morgan fingerprint density at radius 1 is 1.15 bits per heavy atom. The Bertz CT molecular complexity index is 729. The lowest BCUT2D eigenvalue weighted by Gasteiger charge is -2.20. The van der Waals surface area contributed by atoms with Gasteiger partial charge in [0.25, 0.3) is 0 Å². The fourth-order valence-electron chi connectivity index (χ4n) is 2.22. The zero-order valence-corrected chi connectivity index (χ0v) is 16.8. The first-order chi connectivity index (χ1) is 13.0. The van der Waals surface area contributed by atoms with Crippen LogP contribution in [-0.2, 0) is 6.54 Å². The minimum atomic E-state index is 0.347. The van der Waals surface area contributed by atoms with Gasteiger partial charge in [0.05, 0.1) is 13.7 Å². The van der Waals surface area contributed by atoms with Crippen LogP contribution >= 0.6 is 0 Å². The molecule has 0 amide bonds. The molecule has 0 aliphatic carbocycles. The van der Waals surface area contributed by atoms with Crippen LogP contribution in [0.5, 0.6) is 17.4 Å². The van der Waals surface area contributed by atoms with Gasteiger partial charge < -0.3 is 20.1 Å². The highest BCUT2D eigenvalue weighted by molar-refractivity contribution is 5.80. The van der Waals surface area contributed by atoms with E-state index in [1.807, 2.05) is 36.4 Å². The van der Waals surface area contributed by atoms with Gasteiger partial charge in [-0.25, -0.2) is 9.98 Å². The number of nitrogens with zero attached hydrogens (tertiary/aromatic N) is 2. The maximum atomic E-state index is 5.77. The van der Waals surface area contributed by atoms with Gasteiger partial charge >= 0.3 is 0 Å². The second kappa shape index (κ2) is 10.4. The van der Waals surface area contributed by atoms with E-state index in [4.69, 9.17) is 9.47 Å². The van der Waals surface area contributed by atoms with Crippen molar-refractivity contribution in [3.05, 3.63) is 48.2 Å². The zero-order chi connectivity index (χ0) is 19.6. The van der Waals surface area contributed by atoms with Crippen LogP contribution in [0, 0.1) is 5.92 Å². The number of nitrogens with one attached hydrogen (secondary N) is 2. The summed E-state index contributed by atoms with van der Waals surface area (Å²) < 4.78 is 11.0. The second-order valence-corrected chi connectivity index (χ2v) is 6.66. The standard InChI is InChI=1S/C21H30N4O2/c1-6-22-21(25-16(4)15(2)3)24-14-17-10-11-20(23-13-17)27-19-9-7-8-18(12-19)26-5/h7-13,15-16H,6,14H2,1-5H3,(H2,22,24,25). The van der Waals surface area contributed by atoms with Gasteiger partial charge in [0.15, 0.2) is 5.96 Å². The van der Waals surface area contributed by atoms with Crippen molar-refractivity contribution in [3.8, 4) is 17.4 Å². The Morgan fingerprint density at radius 3 is 2.56 bits per heavy atom. The molecule has 0 saturated heterocycles. The van der Waals surface area contributed by atoms with E-state index in [2.05, 4.69) is 48.3 Å². The third-order valence-electron chi connectivity index (χ3n) is 4.19. The number of guanidine groups is 1. The molecule has 1 aromatic carbocycles. The first-order valence-corrected chi connectivity index (χ1v) is 9.33. The van der Waals surface area contributed by atoms with E-state index in [9.17, 15) is 0 Å². The molecule has 0 saturated carbocycles. The predicted molar refractivity (Wildman–Crippen MR) is 110 cm³/mol. The van der Waals surface area contributed by atoms with Crippen molar-refractivity contribution >= 4 is 5.96 Å². The molecule has 0 fully saturated rings. The van der Waals surface area contributed by atoms with E-state index in [0.29, 0.717) is 30.1 Å². The molecule has 0 aliphatic rings. The lowest BCUT2D eigenvalue weighted by molar-refractivity contribution is 0.407. The summed E-state index contributed by atoms with van der Waals surface area (Å²) in [7, 11) is 1.63. The Morgan fingerprint density at radius 2 is 1.93 bits per heavy atom. The molecule has 1 unspecified atom stereocenters. The Hall–Kier alpha value is -2.76. The molecule has 2 aromatic rings. The molecule has 0 aliphatic heterocycles. The Labute approximate surface area is 162 Å². The summed E-state index contributed by atoms with van der Waals surface area (Å²) in [6, 6.07) is 11.6. The van der Waals surface area contributed by atoms with Gasteiger partial charge in [-0.3, -0.25) is 0 Å². The van der Waals surface area contributed by atoms with Crippen molar-refractivity contribution in [3.63, 3.8) is 0 Å². The summed E-state index contributed by atoms with van der Waals surface area (Å²) in [5.74, 6) is 3.32. The van der Waals surface area contributed by atoms with Gasteiger partial charge in [0, 0.05) is 30.9 Å². The molecule has 0 bridgehead atoms. The van der Waals surface area contributed by atoms with Gasteiger partial charge in [-0.1, -0.05) is 26.0 Å². The van der Waals surface area contributed by atoms with Crippen LogP contribution in [0.2, 0.25) is 0 Å². The minimum absolute atomic E-state index is 0.347. The highest BCUT2D eigenvalue weighted by Crippen LogP contribution is 2.23. The van der Waals surface area contributed by atoms with E-state index >= 15 is 0 Å². The Balaban J connectivity index is 1.98. The average Bonchev–Trinajstić information content (AvgIpc) is 2.67. The molecule has 6 nitrogen and oxygen atoms in total. The molecular weight excluding hydrogens is 340 g/mol. The summed E-state index contributed by atoms with van der Waals surface area (Å²) in [4.78, 5) is 9.01. The molecule has 2 N–H and O–H groups in total. The number of pyridine rings is 1. The summed E-state index contributed by atoms with van der Waals surface area (Å²) in [5, 5.41) is 6.70. The quantitative estimate of drug-likeness (QED) is 0.543. The lowest BCUT2D eigenvalue weighted by atomic mass is 10.1. The van der Waals surface area contributed by atoms with Gasteiger partial charge in [-0.2, -0.15) is 0 Å². The maximum Gasteiger partial charge on any atom is 0.219 e. The first-order valence-electron chi connectivity index (χ1n) is 9.33. The van der Waals surface area contributed by atoms with Crippen molar-refractivity contribution in [1.82, 2.24) is 15.6 Å². The van der Waals surface area contributed by atoms with Gasteiger partial charge in [-0.05, 0) is 37.5 Å². The molecule has 2 rings (SSSR count). The summed E-state index contributed by atoms with van der Waals surface area (Å²) in [6.07, 6.45) is 1.79. The third-order valence-corrected chi connectivity index (χ3v) is 4.19. The number of methoxy groups -OCH3 is 1. The van der Waals surface area contributed by atoms with E-state index in [1.165, 1.54) is 0 Å². The number of hydrogen-bond donors (Lipinski definition) is 2. The van der Waals surface area contributed by atoms with Crippen molar-refractivity contribution in [1.29, 1.82) is 0 Å². The molecule has 0 spiro atoms. The molecular formula is C21H30N4O2. The average molecular weight is 370 g/mol. The van der Waals surface area contributed by atoms with Crippen LogP contribution in [0.1, 0.15) is 33.3 Å². The molecule has 1 atom stereocenters. The van der Waals surface area contributed by atoms with Crippen LogP contribution in [0.3, 0.4) is 0 Å².